The molecule has 0 saturated heterocycles. The van der Waals surface area contributed by atoms with Gasteiger partial charge in [-0.2, -0.15) is 0 Å². The summed E-state index contributed by atoms with van der Waals surface area (Å²) in [5, 5.41) is 24.5. The van der Waals surface area contributed by atoms with Crippen molar-refractivity contribution in [2.75, 3.05) is 0 Å². The lowest BCUT2D eigenvalue weighted by Gasteiger charge is -2.21. The number of carboxylic acids is 2. The number of pyridine rings is 1. The molecule has 5 rings (SSSR count). The standard InChI is InChI=1S/C35H29ClN2O4/c36-28-16-13-25-14-18-29(38-33(25)21-28)17-12-23-6-5-9-26(20-23)32(19-15-24-7-1-3-10-30(24)34(39)40)37-22-27-8-2-4-11-31(27)35(41)42/h1-14,16-18,20-21,32,37H,15,19,22H2,(H,39,40)(H,41,42)/b17-12+. The zero-order valence-corrected chi connectivity index (χ0v) is 23.5. The van der Waals surface area contributed by atoms with Crippen molar-refractivity contribution in [3.63, 3.8) is 0 Å². The Bertz CT molecular complexity index is 1720. The number of carboxylic acid groups (broad SMARTS) is 2. The fourth-order valence-electron chi connectivity index (χ4n) is 5.01. The van der Waals surface area contributed by atoms with Crippen LogP contribution in [0.1, 0.15) is 61.1 Å². The molecule has 0 aliphatic carbocycles. The lowest BCUT2D eigenvalue weighted by molar-refractivity contribution is 0.0685. The number of fused-ring (bicyclic) bond motifs is 1. The molecular weight excluding hydrogens is 548 g/mol. The number of rotatable bonds is 11. The summed E-state index contributed by atoms with van der Waals surface area (Å²) >= 11 is 6.15. The highest BCUT2D eigenvalue weighted by molar-refractivity contribution is 6.31. The molecule has 5 aromatic rings. The first-order valence-corrected chi connectivity index (χ1v) is 14.0. The van der Waals surface area contributed by atoms with E-state index in [4.69, 9.17) is 16.6 Å². The first kappa shape index (κ1) is 28.7. The van der Waals surface area contributed by atoms with Gasteiger partial charge in [0.2, 0.25) is 0 Å². The molecule has 0 amide bonds. The van der Waals surface area contributed by atoms with Gasteiger partial charge < -0.3 is 15.5 Å². The zero-order valence-electron chi connectivity index (χ0n) is 22.7. The highest BCUT2D eigenvalue weighted by Crippen LogP contribution is 2.25. The van der Waals surface area contributed by atoms with Crippen molar-refractivity contribution < 1.29 is 19.8 Å². The van der Waals surface area contributed by atoms with E-state index in [0.29, 0.717) is 30.0 Å². The predicted molar refractivity (Wildman–Crippen MR) is 167 cm³/mol. The van der Waals surface area contributed by atoms with Crippen LogP contribution in [0.3, 0.4) is 0 Å². The molecule has 7 heteroatoms. The molecule has 1 heterocycles. The second kappa shape index (κ2) is 13.3. The van der Waals surface area contributed by atoms with Gasteiger partial charge >= 0.3 is 11.9 Å². The summed E-state index contributed by atoms with van der Waals surface area (Å²) < 4.78 is 0. The molecule has 0 aliphatic rings. The van der Waals surface area contributed by atoms with Crippen LogP contribution in [0.15, 0.2) is 103 Å². The van der Waals surface area contributed by atoms with E-state index in [1.165, 1.54) is 0 Å². The molecule has 0 radical (unpaired) electrons. The third kappa shape index (κ3) is 7.10. The minimum Gasteiger partial charge on any atom is -0.478 e. The summed E-state index contributed by atoms with van der Waals surface area (Å²) in [5.74, 6) is -1.93. The zero-order chi connectivity index (χ0) is 29.5. The van der Waals surface area contributed by atoms with Crippen LogP contribution in [0.25, 0.3) is 23.1 Å². The van der Waals surface area contributed by atoms with Gasteiger partial charge in [0.1, 0.15) is 0 Å². The van der Waals surface area contributed by atoms with Crippen molar-refractivity contribution >= 4 is 46.6 Å². The topological polar surface area (TPSA) is 99.5 Å². The van der Waals surface area contributed by atoms with Gasteiger partial charge in [-0.3, -0.25) is 0 Å². The van der Waals surface area contributed by atoms with Gasteiger partial charge in [-0.15, -0.1) is 0 Å². The van der Waals surface area contributed by atoms with E-state index in [0.717, 1.165) is 33.3 Å². The first-order valence-electron chi connectivity index (χ1n) is 13.6. The van der Waals surface area contributed by atoms with E-state index in [1.54, 1.807) is 30.3 Å². The maximum Gasteiger partial charge on any atom is 0.336 e. The third-order valence-electron chi connectivity index (χ3n) is 7.17. The monoisotopic (exact) mass is 576 g/mol. The number of halogens is 1. The molecular formula is C35H29ClN2O4. The molecule has 1 aromatic heterocycles. The van der Waals surface area contributed by atoms with Crippen LogP contribution in [0.4, 0.5) is 0 Å². The lowest BCUT2D eigenvalue weighted by Crippen LogP contribution is -2.23. The van der Waals surface area contributed by atoms with Gasteiger partial charge in [0.25, 0.3) is 0 Å². The van der Waals surface area contributed by atoms with Gasteiger partial charge in [0.05, 0.1) is 22.3 Å². The number of aromatic nitrogens is 1. The smallest absolute Gasteiger partial charge is 0.336 e. The molecule has 0 spiro atoms. The minimum atomic E-state index is -0.976. The highest BCUT2D eigenvalue weighted by atomic mass is 35.5. The average Bonchev–Trinajstić information content (AvgIpc) is 3.00. The fourth-order valence-corrected chi connectivity index (χ4v) is 5.18. The van der Waals surface area contributed by atoms with Crippen LogP contribution in [-0.2, 0) is 13.0 Å². The molecule has 42 heavy (non-hydrogen) atoms. The van der Waals surface area contributed by atoms with Crippen LogP contribution in [0.2, 0.25) is 5.02 Å². The molecule has 0 fully saturated rings. The largest absolute Gasteiger partial charge is 0.478 e. The number of nitrogens with one attached hydrogen (secondary N) is 1. The second-order valence-electron chi connectivity index (χ2n) is 9.97. The summed E-state index contributed by atoms with van der Waals surface area (Å²) in [7, 11) is 0. The molecule has 1 unspecified atom stereocenters. The van der Waals surface area contributed by atoms with Crippen molar-refractivity contribution in [2.24, 2.45) is 0 Å². The number of aromatic carboxylic acids is 2. The number of benzene rings is 4. The quantitative estimate of drug-likeness (QED) is 0.148. The Morgan fingerprint density at radius 1 is 0.786 bits per heavy atom. The molecule has 0 saturated carbocycles. The Labute approximate surface area is 248 Å². The van der Waals surface area contributed by atoms with Crippen LogP contribution in [-0.4, -0.2) is 27.1 Å². The second-order valence-corrected chi connectivity index (χ2v) is 10.4. The van der Waals surface area contributed by atoms with E-state index >= 15 is 0 Å². The Kier molecular flexibility index (Phi) is 9.07. The van der Waals surface area contributed by atoms with Gasteiger partial charge in [-0.25, -0.2) is 14.6 Å². The van der Waals surface area contributed by atoms with Crippen molar-refractivity contribution in [3.8, 4) is 0 Å². The summed E-state index contributed by atoms with van der Waals surface area (Å²) in [6.45, 7) is 0.345. The van der Waals surface area contributed by atoms with Crippen molar-refractivity contribution in [3.05, 3.63) is 147 Å². The summed E-state index contributed by atoms with van der Waals surface area (Å²) in [6.07, 6.45) is 5.09. The van der Waals surface area contributed by atoms with Crippen LogP contribution in [0, 0.1) is 0 Å². The Hall–Kier alpha value is -4.78. The Morgan fingerprint density at radius 3 is 2.24 bits per heavy atom. The average molecular weight is 577 g/mol. The molecule has 4 aromatic carbocycles. The number of hydrogen-bond acceptors (Lipinski definition) is 4. The van der Waals surface area contributed by atoms with Gasteiger partial charge in [-0.1, -0.05) is 90.5 Å². The maximum absolute atomic E-state index is 11.8. The predicted octanol–water partition coefficient (Wildman–Crippen LogP) is 7.92. The molecule has 3 N–H and O–H groups in total. The van der Waals surface area contributed by atoms with Crippen molar-refractivity contribution in [1.29, 1.82) is 0 Å². The first-order chi connectivity index (χ1) is 20.4. The van der Waals surface area contributed by atoms with Gasteiger partial charge in [-0.05, 0) is 71.5 Å². The maximum atomic E-state index is 11.8. The number of hydrogen-bond donors (Lipinski definition) is 3. The summed E-state index contributed by atoms with van der Waals surface area (Å²) in [5.41, 5.74) is 5.58. The van der Waals surface area contributed by atoms with E-state index in [9.17, 15) is 19.8 Å². The molecule has 0 aliphatic heterocycles. The molecule has 210 valence electrons. The van der Waals surface area contributed by atoms with Crippen molar-refractivity contribution in [1.82, 2.24) is 10.3 Å². The Balaban J connectivity index is 1.40. The SMILES string of the molecule is O=C(O)c1ccccc1CCC(NCc1ccccc1C(=O)O)c1cccc(/C=C/c2ccc3ccc(Cl)cc3n2)c1. The van der Waals surface area contributed by atoms with Gasteiger partial charge in [0.15, 0.2) is 0 Å². The number of nitrogens with zero attached hydrogens (tertiary/aromatic N) is 1. The van der Waals surface area contributed by atoms with E-state index in [1.807, 2.05) is 78.9 Å². The third-order valence-corrected chi connectivity index (χ3v) is 7.41. The van der Waals surface area contributed by atoms with Crippen LogP contribution < -0.4 is 5.32 Å². The summed E-state index contributed by atoms with van der Waals surface area (Å²) in [6, 6.07) is 31.5. The molecule has 1 atom stereocenters. The van der Waals surface area contributed by atoms with Crippen LogP contribution in [0.5, 0.6) is 0 Å². The van der Waals surface area contributed by atoms with Crippen molar-refractivity contribution in [2.45, 2.75) is 25.4 Å². The number of aryl methyl sites for hydroxylation is 1. The molecule has 6 nitrogen and oxygen atoms in total. The highest BCUT2D eigenvalue weighted by Gasteiger charge is 2.17. The van der Waals surface area contributed by atoms with E-state index in [-0.39, 0.29) is 17.2 Å². The van der Waals surface area contributed by atoms with E-state index < -0.39 is 11.9 Å². The summed E-state index contributed by atoms with van der Waals surface area (Å²) in [4.78, 5) is 28.2. The molecule has 0 bridgehead atoms. The lowest BCUT2D eigenvalue weighted by atomic mass is 9.95. The normalized spacial score (nSPS) is 12.0. The Morgan fingerprint density at radius 2 is 1.48 bits per heavy atom. The van der Waals surface area contributed by atoms with Crippen LogP contribution >= 0.6 is 11.6 Å². The fraction of sp³-hybridized carbons (Fsp3) is 0.114. The van der Waals surface area contributed by atoms with Gasteiger partial charge in [0, 0.05) is 23.0 Å². The number of carbonyl (C=O) groups is 2. The minimum absolute atomic E-state index is 0.164. The van der Waals surface area contributed by atoms with E-state index in [2.05, 4.69) is 11.4 Å².